The molecule has 1 aromatic carbocycles. The average Bonchev–Trinajstić information content (AvgIpc) is 2.69. The van der Waals surface area contributed by atoms with E-state index in [1.807, 2.05) is 0 Å². The Morgan fingerprint density at radius 2 is 1.83 bits per heavy atom. The van der Waals surface area contributed by atoms with E-state index in [0.717, 1.165) is 18.0 Å². The van der Waals surface area contributed by atoms with E-state index in [9.17, 15) is 13.2 Å². The van der Waals surface area contributed by atoms with Gasteiger partial charge in [0.05, 0.1) is 14.2 Å². The molecule has 0 radical (unpaired) electrons. The summed E-state index contributed by atoms with van der Waals surface area (Å²) < 4.78 is 48.4. The third-order valence-corrected chi connectivity index (χ3v) is 3.52. The minimum absolute atomic E-state index is 0. The van der Waals surface area contributed by atoms with Crippen LogP contribution in [0.1, 0.15) is 5.69 Å². The Kier molecular flexibility index (Phi) is 9.71. The Labute approximate surface area is 183 Å². The molecule has 29 heavy (non-hydrogen) atoms. The summed E-state index contributed by atoms with van der Waals surface area (Å²) in [5.74, 6) is 1.53. The van der Waals surface area contributed by atoms with Gasteiger partial charge in [-0.3, -0.25) is 4.99 Å². The van der Waals surface area contributed by atoms with Crippen LogP contribution in [0.25, 0.3) is 0 Å². The van der Waals surface area contributed by atoms with Crippen LogP contribution in [-0.4, -0.2) is 50.3 Å². The molecule has 1 heterocycles. The lowest BCUT2D eigenvalue weighted by Gasteiger charge is -2.14. The first-order chi connectivity index (χ1) is 13.4. The Morgan fingerprint density at radius 1 is 1.10 bits per heavy atom. The van der Waals surface area contributed by atoms with Crippen LogP contribution >= 0.6 is 24.0 Å². The van der Waals surface area contributed by atoms with Gasteiger partial charge in [-0.2, -0.15) is 13.2 Å². The number of rotatable bonds is 7. The van der Waals surface area contributed by atoms with Crippen molar-refractivity contribution in [1.29, 1.82) is 0 Å². The second-order valence-electron chi connectivity index (χ2n) is 5.38. The van der Waals surface area contributed by atoms with E-state index in [0.29, 0.717) is 24.0 Å². The predicted octanol–water partition coefficient (Wildman–Crippen LogP) is 3.23. The number of aromatic nitrogens is 2. The highest BCUT2D eigenvalue weighted by atomic mass is 127. The molecule has 0 bridgehead atoms. The van der Waals surface area contributed by atoms with Gasteiger partial charge < -0.3 is 25.4 Å². The molecule has 0 spiro atoms. The molecule has 0 saturated carbocycles. The number of halogens is 4. The maximum atomic E-state index is 12.6. The van der Waals surface area contributed by atoms with Crippen molar-refractivity contribution in [2.75, 3.05) is 45.0 Å². The molecule has 0 amide bonds. The second kappa shape index (κ2) is 11.5. The van der Waals surface area contributed by atoms with Gasteiger partial charge in [0.2, 0.25) is 5.95 Å². The van der Waals surface area contributed by atoms with Crippen LogP contribution in [0.2, 0.25) is 0 Å². The highest BCUT2D eigenvalue weighted by Gasteiger charge is 2.32. The number of hydrogen-bond acceptors (Lipinski definition) is 6. The fourth-order valence-electron chi connectivity index (χ4n) is 2.19. The molecule has 0 aliphatic carbocycles. The van der Waals surface area contributed by atoms with Gasteiger partial charge in [0.25, 0.3) is 0 Å². The number of benzene rings is 1. The summed E-state index contributed by atoms with van der Waals surface area (Å²) >= 11 is 0. The summed E-state index contributed by atoms with van der Waals surface area (Å²) in [6.45, 7) is 0.653. The van der Waals surface area contributed by atoms with Gasteiger partial charge in [0.15, 0.2) is 17.5 Å². The number of nitrogens with one attached hydrogen (secondary N) is 3. The van der Waals surface area contributed by atoms with Crippen LogP contribution in [0.3, 0.4) is 0 Å². The first-order valence-corrected chi connectivity index (χ1v) is 8.21. The van der Waals surface area contributed by atoms with E-state index < -0.39 is 11.9 Å². The molecule has 0 unspecified atom stereocenters. The molecule has 0 aliphatic rings. The maximum absolute atomic E-state index is 12.6. The molecule has 2 aromatic rings. The molecule has 0 fully saturated rings. The van der Waals surface area contributed by atoms with Crippen LogP contribution in [-0.2, 0) is 6.18 Å². The van der Waals surface area contributed by atoms with Gasteiger partial charge in [-0.15, -0.1) is 24.0 Å². The van der Waals surface area contributed by atoms with Crippen LogP contribution in [0.4, 0.5) is 24.8 Å². The lowest BCUT2D eigenvalue weighted by molar-refractivity contribution is -0.141. The van der Waals surface area contributed by atoms with Crippen molar-refractivity contribution in [1.82, 2.24) is 15.3 Å². The number of nitrogens with zero attached hydrogens (tertiary/aromatic N) is 3. The number of alkyl halides is 3. The third-order valence-electron chi connectivity index (χ3n) is 3.52. The van der Waals surface area contributed by atoms with Gasteiger partial charge in [-0.25, -0.2) is 9.97 Å². The van der Waals surface area contributed by atoms with Crippen LogP contribution in [0, 0.1) is 0 Å². The molecular weight excluding hydrogens is 504 g/mol. The molecule has 8 nitrogen and oxygen atoms in total. The van der Waals surface area contributed by atoms with Gasteiger partial charge >= 0.3 is 6.18 Å². The summed E-state index contributed by atoms with van der Waals surface area (Å²) in [4.78, 5) is 11.3. The minimum atomic E-state index is -4.51. The SMILES string of the molecule is CN=C(NCCNc1nccc(C(F)(F)F)n1)Nc1ccc(OC)c(OC)c1.I. The summed E-state index contributed by atoms with van der Waals surface area (Å²) in [6.07, 6.45) is -3.45. The lowest BCUT2D eigenvalue weighted by atomic mass is 10.3. The molecule has 160 valence electrons. The molecule has 0 atom stereocenters. The highest BCUT2D eigenvalue weighted by molar-refractivity contribution is 14.0. The van der Waals surface area contributed by atoms with Crippen molar-refractivity contribution >= 4 is 41.6 Å². The lowest BCUT2D eigenvalue weighted by Crippen LogP contribution is -2.34. The fourth-order valence-corrected chi connectivity index (χ4v) is 2.19. The average molecular weight is 526 g/mol. The van der Waals surface area contributed by atoms with E-state index in [4.69, 9.17) is 9.47 Å². The molecular formula is C17H22F3IN6O2. The van der Waals surface area contributed by atoms with Crippen LogP contribution < -0.4 is 25.4 Å². The monoisotopic (exact) mass is 526 g/mol. The smallest absolute Gasteiger partial charge is 0.433 e. The first-order valence-electron chi connectivity index (χ1n) is 8.21. The highest BCUT2D eigenvalue weighted by Crippen LogP contribution is 2.29. The van der Waals surface area contributed by atoms with Crippen LogP contribution in [0.5, 0.6) is 11.5 Å². The van der Waals surface area contributed by atoms with E-state index in [1.165, 1.54) is 7.11 Å². The number of guanidine groups is 1. The Balaban J connectivity index is 0.00000420. The first kappa shape index (κ1) is 24.5. The zero-order valence-electron chi connectivity index (χ0n) is 16.0. The van der Waals surface area contributed by atoms with Gasteiger partial charge in [-0.05, 0) is 18.2 Å². The topological polar surface area (TPSA) is 92.7 Å². The summed E-state index contributed by atoms with van der Waals surface area (Å²) in [6, 6.07) is 6.11. The number of ether oxygens (including phenoxy) is 2. The Morgan fingerprint density at radius 3 is 2.45 bits per heavy atom. The molecule has 0 aliphatic heterocycles. The maximum Gasteiger partial charge on any atom is 0.433 e. The zero-order valence-corrected chi connectivity index (χ0v) is 18.3. The largest absolute Gasteiger partial charge is 0.493 e. The minimum Gasteiger partial charge on any atom is -0.493 e. The Bertz CT molecular complexity index is 820. The van der Waals surface area contributed by atoms with Crippen molar-refractivity contribution in [2.24, 2.45) is 4.99 Å². The number of methoxy groups -OCH3 is 2. The zero-order chi connectivity index (χ0) is 20.6. The Hall–Kier alpha value is -2.51. The molecule has 0 saturated heterocycles. The standard InChI is InChI=1S/C17H21F3N6O2.HI/c1-21-15(25-11-4-5-12(27-2)13(10-11)28-3)23-8-9-24-16-22-7-6-14(26-16)17(18,19)20;/h4-7,10H,8-9H2,1-3H3,(H2,21,23,25)(H,22,24,26);1H. The van der Waals surface area contributed by atoms with Crippen molar-refractivity contribution in [3.63, 3.8) is 0 Å². The summed E-state index contributed by atoms with van der Waals surface area (Å²) in [5, 5.41) is 8.83. The third kappa shape index (κ3) is 7.44. The van der Waals surface area contributed by atoms with Crippen molar-refractivity contribution < 1.29 is 22.6 Å². The fraction of sp³-hybridized carbons (Fsp3) is 0.353. The molecule has 1 aromatic heterocycles. The van der Waals surface area contributed by atoms with Crippen LogP contribution in [0.15, 0.2) is 35.5 Å². The van der Waals surface area contributed by atoms with Crippen molar-refractivity contribution in [2.45, 2.75) is 6.18 Å². The van der Waals surface area contributed by atoms with Gasteiger partial charge in [0, 0.05) is 38.1 Å². The predicted molar refractivity (Wildman–Crippen MR) is 115 cm³/mol. The molecule has 2 rings (SSSR count). The summed E-state index contributed by atoms with van der Waals surface area (Å²) in [7, 11) is 4.68. The summed E-state index contributed by atoms with van der Waals surface area (Å²) in [5.41, 5.74) is -0.274. The molecule has 12 heteroatoms. The molecule has 3 N–H and O–H groups in total. The number of anilines is 2. The van der Waals surface area contributed by atoms with E-state index >= 15 is 0 Å². The van der Waals surface area contributed by atoms with E-state index in [-0.39, 0.29) is 36.5 Å². The number of hydrogen-bond donors (Lipinski definition) is 3. The van der Waals surface area contributed by atoms with E-state index in [2.05, 4.69) is 30.9 Å². The van der Waals surface area contributed by atoms with Gasteiger partial charge in [0.1, 0.15) is 5.69 Å². The van der Waals surface area contributed by atoms with Gasteiger partial charge in [-0.1, -0.05) is 0 Å². The normalized spacial score (nSPS) is 11.3. The second-order valence-corrected chi connectivity index (χ2v) is 5.38. The van der Waals surface area contributed by atoms with Crippen molar-refractivity contribution in [3.05, 3.63) is 36.2 Å². The quantitative estimate of drug-likeness (QED) is 0.221. The van der Waals surface area contributed by atoms with E-state index in [1.54, 1.807) is 32.4 Å². The van der Waals surface area contributed by atoms with Crippen molar-refractivity contribution in [3.8, 4) is 11.5 Å². The number of aliphatic imine (C=N–C) groups is 1.